The summed E-state index contributed by atoms with van der Waals surface area (Å²) in [6.45, 7) is 0.275. The Labute approximate surface area is 180 Å². The normalized spacial score (nSPS) is 17.7. The summed E-state index contributed by atoms with van der Waals surface area (Å²) in [4.78, 5) is 26.8. The highest BCUT2D eigenvalue weighted by atomic mass is 16.5. The predicted molar refractivity (Wildman–Crippen MR) is 115 cm³/mol. The van der Waals surface area contributed by atoms with Crippen molar-refractivity contribution < 1.29 is 28.9 Å². The number of likely N-dealkylation sites (tertiary alicyclic amines) is 1. The quantitative estimate of drug-likeness (QED) is 0.621. The molecule has 3 rings (SSSR count). The number of carbonyl (C=O) groups excluding carboxylic acids is 2. The Kier molecular flexibility index (Phi) is 7.19. The van der Waals surface area contributed by atoms with Crippen molar-refractivity contribution in [3.8, 4) is 17.2 Å². The third-order valence-electron chi connectivity index (χ3n) is 5.06. The highest BCUT2D eigenvalue weighted by Gasteiger charge is 2.39. The van der Waals surface area contributed by atoms with E-state index in [9.17, 15) is 14.7 Å². The fourth-order valence-corrected chi connectivity index (χ4v) is 3.55. The number of β-amino-alcohol motifs (C(OH)–C–C–N with tert-alkyl or cyclic N) is 1. The molecule has 0 bridgehead atoms. The lowest BCUT2D eigenvalue weighted by atomic mass is 10.1. The molecule has 2 atom stereocenters. The summed E-state index contributed by atoms with van der Waals surface area (Å²) in [5.74, 6) is 1.06. The van der Waals surface area contributed by atoms with E-state index in [2.05, 4.69) is 10.6 Å². The van der Waals surface area contributed by atoms with Crippen molar-refractivity contribution in [1.29, 1.82) is 0 Å². The van der Waals surface area contributed by atoms with Crippen LogP contribution in [-0.4, -0.2) is 62.0 Å². The molecule has 1 saturated heterocycles. The summed E-state index contributed by atoms with van der Waals surface area (Å²) in [6, 6.07) is 11.2. The Morgan fingerprint density at radius 3 is 2.29 bits per heavy atom. The number of nitrogens with zero attached hydrogens (tertiary/aromatic N) is 1. The van der Waals surface area contributed by atoms with Gasteiger partial charge in [0.25, 0.3) is 0 Å². The average molecular weight is 429 g/mol. The van der Waals surface area contributed by atoms with Crippen LogP contribution in [0, 0.1) is 0 Å². The van der Waals surface area contributed by atoms with E-state index < -0.39 is 18.2 Å². The van der Waals surface area contributed by atoms with E-state index in [1.807, 2.05) is 6.07 Å². The summed E-state index contributed by atoms with van der Waals surface area (Å²) in [7, 11) is 4.55. The molecule has 0 saturated carbocycles. The van der Waals surface area contributed by atoms with E-state index in [0.29, 0.717) is 22.9 Å². The number of carbonyl (C=O) groups is 2. The number of hydrogen-bond acceptors (Lipinski definition) is 6. The van der Waals surface area contributed by atoms with Gasteiger partial charge >= 0.3 is 6.03 Å². The molecule has 1 heterocycles. The minimum Gasteiger partial charge on any atom is -0.493 e. The topological polar surface area (TPSA) is 109 Å². The summed E-state index contributed by atoms with van der Waals surface area (Å²) >= 11 is 0. The lowest BCUT2D eigenvalue weighted by Gasteiger charge is -2.24. The first-order valence-electron chi connectivity index (χ1n) is 9.84. The maximum absolute atomic E-state index is 12.8. The molecule has 166 valence electrons. The van der Waals surface area contributed by atoms with Gasteiger partial charge in [-0.05, 0) is 29.8 Å². The molecule has 0 spiro atoms. The highest BCUT2D eigenvalue weighted by molar-refractivity contribution is 5.94. The van der Waals surface area contributed by atoms with E-state index in [1.165, 1.54) is 26.2 Å². The Morgan fingerprint density at radius 1 is 1.06 bits per heavy atom. The van der Waals surface area contributed by atoms with Crippen molar-refractivity contribution in [3.05, 3.63) is 48.0 Å². The molecule has 9 heteroatoms. The number of amides is 3. The van der Waals surface area contributed by atoms with Gasteiger partial charge in [-0.25, -0.2) is 4.79 Å². The Morgan fingerprint density at radius 2 is 1.71 bits per heavy atom. The molecule has 1 fully saturated rings. The Bertz CT molecular complexity index is 896. The summed E-state index contributed by atoms with van der Waals surface area (Å²) in [5, 5.41) is 15.6. The molecule has 0 radical (unpaired) electrons. The van der Waals surface area contributed by atoms with Gasteiger partial charge < -0.3 is 34.9 Å². The van der Waals surface area contributed by atoms with E-state index in [4.69, 9.17) is 14.2 Å². The summed E-state index contributed by atoms with van der Waals surface area (Å²) in [5.41, 5.74) is 1.35. The zero-order valence-electron chi connectivity index (χ0n) is 17.8. The summed E-state index contributed by atoms with van der Waals surface area (Å²) < 4.78 is 16.0. The van der Waals surface area contributed by atoms with Gasteiger partial charge in [-0.15, -0.1) is 0 Å². The molecule has 0 unspecified atom stereocenters. The van der Waals surface area contributed by atoms with Crippen molar-refractivity contribution in [3.63, 3.8) is 0 Å². The minimum absolute atomic E-state index is 0.0843. The van der Waals surface area contributed by atoms with Gasteiger partial charge in [0.15, 0.2) is 11.5 Å². The van der Waals surface area contributed by atoms with Crippen molar-refractivity contribution in [1.82, 2.24) is 10.2 Å². The number of aliphatic hydroxyl groups is 1. The van der Waals surface area contributed by atoms with Gasteiger partial charge in [0.2, 0.25) is 11.7 Å². The third kappa shape index (κ3) is 5.18. The molecule has 31 heavy (non-hydrogen) atoms. The van der Waals surface area contributed by atoms with Gasteiger partial charge in [0.1, 0.15) is 6.04 Å². The monoisotopic (exact) mass is 429 g/mol. The van der Waals surface area contributed by atoms with E-state index in [0.717, 1.165) is 5.56 Å². The molecular weight excluding hydrogens is 402 g/mol. The van der Waals surface area contributed by atoms with Crippen LogP contribution in [0.3, 0.4) is 0 Å². The van der Waals surface area contributed by atoms with Crippen LogP contribution in [0.25, 0.3) is 0 Å². The molecule has 9 nitrogen and oxygen atoms in total. The van der Waals surface area contributed by atoms with E-state index in [-0.39, 0.29) is 25.4 Å². The third-order valence-corrected chi connectivity index (χ3v) is 5.06. The fourth-order valence-electron chi connectivity index (χ4n) is 3.55. The molecule has 3 amide bonds. The van der Waals surface area contributed by atoms with Gasteiger partial charge in [0, 0.05) is 25.2 Å². The van der Waals surface area contributed by atoms with Gasteiger partial charge in [-0.3, -0.25) is 4.79 Å². The molecule has 0 aliphatic carbocycles. The Hall–Kier alpha value is -3.46. The molecule has 2 aromatic carbocycles. The fraction of sp³-hybridized carbons (Fsp3) is 0.364. The maximum atomic E-state index is 12.8. The first kappa shape index (κ1) is 22.2. The number of para-hydroxylation sites is 1. The second-order valence-corrected chi connectivity index (χ2v) is 7.11. The molecule has 1 aliphatic heterocycles. The predicted octanol–water partition coefficient (Wildman–Crippen LogP) is 2.00. The number of benzene rings is 2. The van der Waals surface area contributed by atoms with E-state index >= 15 is 0 Å². The second kappa shape index (κ2) is 10.0. The second-order valence-electron chi connectivity index (χ2n) is 7.11. The number of nitrogens with one attached hydrogen (secondary N) is 2. The molecule has 2 aromatic rings. The van der Waals surface area contributed by atoms with Crippen molar-refractivity contribution in [2.75, 3.05) is 33.2 Å². The zero-order chi connectivity index (χ0) is 22.4. The van der Waals surface area contributed by atoms with Crippen LogP contribution < -0.4 is 24.8 Å². The Balaban J connectivity index is 1.68. The molecule has 3 N–H and O–H groups in total. The van der Waals surface area contributed by atoms with Crippen molar-refractivity contribution in [2.24, 2.45) is 0 Å². The standard InChI is InChI=1S/C22H27N3O6/c1-29-18-9-14(10-19(30-2)20(18)31-3)12-23-21(27)17-11-16(26)13-25(17)22(28)24-15-7-5-4-6-8-15/h4-10,16-17,26H,11-13H2,1-3H3,(H,23,27)(H,24,28)/t16-,17+/m0/s1. The lowest BCUT2D eigenvalue weighted by Crippen LogP contribution is -2.47. The number of anilines is 1. The van der Waals surface area contributed by atoms with Crippen LogP contribution in [-0.2, 0) is 11.3 Å². The SMILES string of the molecule is COc1cc(CNC(=O)[C@H]2C[C@H](O)CN2C(=O)Nc2ccccc2)cc(OC)c1OC. The first-order chi connectivity index (χ1) is 15.0. The largest absolute Gasteiger partial charge is 0.493 e. The average Bonchev–Trinajstić information content (AvgIpc) is 3.19. The lowest BCUT2D eigenvalue weighted by molar-refractivity contribution is -0.124. The van der Waals surface area contributed by atoms with Gasteiger partial charge in [0.05, 0.1) is 27.4 Å². The minimum atomic E-state index is -0.777. The first-order valence-corrected chi connectivity index (χ1v) is 9.84. The zero-order valence-corrected chi connectivity index (χ0v) is 17.8. The van der Waals surface area contributed by atoms with Crippen LogP contribution in [0.5, 0.6) is 17.2 Å². The molecular formula is C22H27N3O6. The number of aliphatic hydroxyl groups excluding tert-OH is 1. The highest BCUT2D eigenvalue weighted by Crippen LogP contribution is 2.38. The van der Waals surface area contributed by atoms with Crippen LogP contribution in [0.4, 0.5) is 10.5 Å². The van der Waals surface area contributed by atoms with Gasteiger partial charge in [-0.1, -0.05) is 18.2 Å². The van der Waals surface area contributed by atoms with Gasteiger partial charge in [-0.2, -0.15) is 0 Å². The van der Waals surface area contributed by atoms with Crippen LogP contribution in [0.2, 0.25) is 0 Å². The number of urea groups is 1. The summed E-state index contributed by atoms with van der Waals surface area (Å²) in [6.07, 6.45) is -0.595. The van der Waals surface area contributed by atoms with Crippen LogP contribution in [0.15, 0.2) is 42.5 Å². The van der Waals surface area contributed by atoms with Crippen molar-refractivity contribution >= 4 is 17.6 Å². The number of ether oxygens (including phenoxy) is 3. The van der Waals surface area contributed by atoms with Crippen LogP contribution in [0.1, 0.15) is 12.0 Å². The van der Waals surface area contributed by atoms with Crippen LogP contribution >= 0.6 is 0 Å². The maximum Gasteiger partial charge on any atom is 0.322 e. The molecule has 0 aromatic heterocycles. The smallest absolute Gasteiger partial charge is 0.322 e. The van der Waals surface area contributed by atoms with Crippen molar-refractivity contribution in [2.45, 2.75) is 25.1 Å². The number of hydrogen-bond donors (Lipinski definition) is 3. The molecule has 1 aliphatic rings. The number of methoxy groups -OCH3 is 3. The van der Waals surface area contributed by atoms with E-state index in [1.54, 1.807) is 36.4 Å². The number of rotatable bonds is 7.